The van der Waals surface area contributed by atoms with Crippen LogP contribution in [0.15, 0.2) is 24.4 Å². The van der Waals surface area contributed by atoms with E-state index >= 15 is 0 Å². The van der Waals surface area contributed by atoms with Crippen LogP contribution in [-0.2, 0) is 6.18 Å². The Morgan fingerprint density at radius 3 is 2.60 bits per heavy atom. The molecule has 0 aliphatic carbocycles. The molecular formula is C12H8ClF4N3. The smallest absolute Gasteiger partial charge is 0.337 e. The molecule has 0 saturated carbocycles. The lowest BCUT2D eigenvalue weighted by molar-refractivity contribution is -0.137. The molecule has 0 fully saturated rings. The lowest BCUT2D eigenvalue weighted by Gasteiger charge is -2.12. The number of aryl methyl sites for hydroxylation is 1. The zero-order valence-corrected chi connectivity index (χ0v) is 10.8. The van der Waals surface area contributed by atoms with Gasteiger partial charge in [-0.2, -0.15) is 13.2 Å². The summed E-state index contributed by atoms with van der Waals surface area (Å²) >= 11 is 5.59. The Balaban J connectivity index is 2.40. The van der Waals surface area contributed by atoms with Crippen LogP contribution in [0.4, 0.5) is 29.1 Å². The first-order chi connectivity index (χ1) is 9.27. The van der Waals surface area contributed by atoms with Gasteiger partial charge in [-0.15, -0.1) is 0 Å². The predicted molar refractivity (Wildman–Crippen MR) is 66.5 cm³/mol. The zero-order valence-electron chi connectivity index (χ0n) is 10.1. The summed E-state index contributed by atoms with van der Waals surface area (Å²) in [5.41, 5.74) is -0.775. The average Bonchev–Trinajstić information content (AvgIpc) is 2.35. The fraction of sp³-hybridized carbons (Fsp3) is 0.167. The van der Waals surface area contributed by atoms with Crippen molar-refractivity contribution in [2.45, 2.75) is 13.1 Å². The van der Waals surface area contributed by atoms with Crippen LogP contribution in [0.3, 0.4) is 0 Å². The molecule has 1 heterocycles. The number of hydrogen-bond donors (Lipinski definition) is 1. The average molecular weight is 306 g/mol. The minimum atomic E-state index is -4.55. The fourth-order valence-corrected chi connectivity index (χ4v) is 1.61. The number of benzene rings is 1. The SMILES string of the molecule is Cc1cnc(Cl)nc1Nc1cc(C(F)(F)F)ccc1F. The minimum Gasteiger partial charge on any atom is -0.337 e. The second-order valence-electron chi connectivity index (χ2n) is 3.99. The Morgan fingerprint density at radius 1 is 1.25 bits per heavy atom. The van der Waals surface area contributed by atoms with Gasteiger partial charge in [-0.1, -0.05) is 0 Å². The number of aromatic nitrogens is 2. The molecule has 1 aromatic heterocycles. The third kappa shape index (κ3) is 3.16. The van der Waals surface area contributed by atoms with Crippen molar-refractivity contribution in [1.29, 1.82) is 0 Å². The molecule has 0 bridgehead atoms. The number of nitrogens with zero attached hydrogens (tertiary/aromatic N) is 2. The van der Waals surface area contributed by atoms with E-state index in [0.717, 1.165) is 6.07 Å². The number of anilines is 2. The van der Waals surface area contributed by atoms with Crippen LogP contribution >= 0.6 is 11.6 Å². The molecular weight excluding hydrogens is 298 g/mol. The molecule has 0 spiro atoms. The Bertz CT molecular complexity index is 643. The van der Waals surface area contributed by atoms with Crippen molar-refractivity contribution >= 4 is 23.1 Å². The standard InChI is InChI=1S/C12H8ClF4N3/c1-6-5-18-11(13)20-10(6)19-9-4-7(12(15,16)17)2-3-8(9)14/h2-5H,1H3,(H,18,19,20). The summed E-state index contributed by atoms with van der Waals surface area (Å²) in [6.45, 7) is 1.62. The molecule has 20 heavy (non-hydrogen) atoms. The van der Waals surface area contributed by atoms with Crippen LogP contribution < -0.4 is 5.32 Å². The lowest BCUT2D eigenvalue weighted by atomic mass is 10.2. The third-order valence-electron chi connectivity index (χ3n) is 2.49. The van der Waals surface area contributed by atoms with Gasteiger partial charge in [-0.05, 0) is 36.7 Å². The Hall–Kier alpha value is -1.89. The molecule has 1 N–H and O–H groups in total. The van der Waals surface area contributed by atoms with E-state index in [1.165, 1.54) is 6.20 Å². The van der Waals surface area contributed by atoms with E-state index in [0.29, 0.717) is 17.7 Å². The van der Waals surface area contributed by atoms with Gasteiger partial charge in [0.2, 0.25) is 5.28 Å². The molecule has 0 saturated heterocycles. The predicted octanol–water partition coefficient (Wildman–Crippen LogP) is 4.34. The molecule has 0 radical (unpaired) electrons. The summed E-state index contributed by atoms with van der Waals surface area (Å²) in [5.74, 6) is -0.685. The molecule has 0 aliphatic heterocycles. The van der Waals surface area contributed by atoms with Crippen molar-refractivity contribution in [1.82, 2.24) is 9.97 Å². The minimum absolute atomic E-state index is 0.0921. The number of hydrogen-bond acceptors (Lipinski definition) is 3. The number of nitrogens with one attached hydrogen (secondary N) is 1. The van der Waals surface area contributed by atoms with Crippen molar-refractivity contribution in [2.24, 2.45) is 0 Å². The van der Waals surface area contributed by atoms with Gasteiger partial charge in [0.25, 0.3) is 0 Å². The maximum absolute atomic E-state index is 13.6. The van der Waals surface area contributed by atoms with Crippen LogP contribution in [0.5, 0.6) is 0 Å². The van der Waals surface area contributed by atoms with Crippen molar-refractivity contribution in [3.05, 3.63) is 46.6 Å². The molecule has 8 heteroatoms. The van der Waals surface area contributed by atoms with E-state index in [-0.39, 0.29) is 16.8 Å². The second kappa shape index (κ2) is 5.24. The number of rotatable bonds is 2. The van der Waals surface area contributed by atoms with Crippen molar-refractivity contribution in [3.63, 3.8) is 0 Å². The first-order valence-electron chi connectivity index (χ1n) is 5.40. The van der Waals surface area contributed by atoms with E-state index in [9.17, 15) is 17.6 Å². The molecule has 2 aromatic rings. The van der Waals surface area contributed by atoms with E-state index in [2.05, 4.69) is 15.3 Å². The maximum atomic E-state index is 13.6. The lowest BCUT2D eigenvalue weighted by Crippen LogP contribution is -2.07. The number of halogens is 5. The normalized spacial score (nSPS) is 11.5. The van der Waals surface area contributed by atoms with Gasteiger partial charge in [-0.3, -0.25) is 0 Å². The topological polar surface area (TPSA) is 37.8 Å². The highest BCUT2D eigenvalue weighted by molar-refractivity contribution is 6.28. The quantitative estimate of drug-likeness (QED) is 0.662. The van der Waals surface area contributed by atoms with Crippen molar-refractivity contribution in [2.75, 3.05) is 5.32 Å². The Morgan fingerprint density at radius 2 is 1.95 bits per heavy atom. The highest BCUT2D eigenvalue weighted by Crippen LogP contribution is 2.32. The van der Waals surface area contributed by atoms with Gasteiger partial charge in [-0.25, -0.2) is 14.4 Å². The molecule has 1 aromatic carbocycles. The van der Waals surface area contributed by atoms with Gasteiger partial charge in [0.15, 0.2) is 0 Å². The van der Waals surface area contributed by atoms with E-state index in [1.54, 1.807) is 6.92 Å². The molecule has 0 amide bonds. The summed E-state index contributed by atoms with van der Waals surface area (Å²) in [4.78, 5) is 7.50. The Kier molecular flexibility index (Phi) is 3.80. The maximum Gasteiger partial charge on any atom is 0.416 e. The summed E-state index contributed by atoms with van der Waals surface area (Å²) < 4.78 is 51.3. The zero-order chi connectivity index (χ0) is 14.9. The molecule has 2 rings (SSSR count). The van der Waals surface area contributed by atoms with E-state index in [4.69, 9.17) is 11.6 Å². The first kappa shape index (κ1) is 14.5. The highest BCUT2D eigenvalue weighted by Gasteiger charge is 2.31. The molecule has 0 atom stereocenters. The summed E-state index contributed by atoms with van der Waals surface area (Å²) in [7, 11) is 0. The Labute approximate surface area is 116 Å². The third-order valence-corrected chi connectivity index (χ3v) is 2.67. The van der Waals surface area contributed by atoms with E-state index < -0.39 is 17.6 Å². The van der Waals surface area contributed by atoms with Gasteiger partial charge in [0.05, 0.1) is 11.3 Å². The van der Waals surface area contributed by atoms with Crippen LogP contribution in [-0.4, -0.2) is 9.97 Å². The van der Waals surface area contributed by atoms with Gasteiger partial charge in [0.1, 0.15) is 11.6 Å². The molecule has 3 nitrogen and oxygen atoms in total. The van der Waals surface area contributed by atoms with Crippen molar-refractivity contribution < 1.29 is 17.6 Å². The van der Waals surface area contributed by atoms with Gasteiger partial charge < -0.3 is 5.32 Å². The monoisotopic (exact) mass is 305 g/mol. The van der Waals surface area contributed by atoms with Crippen LogP contribution in [0.25, 0.3) is 0 Å². The fourth-order valence-electron chi connectivity index (χ4n) is 1.47. The van der Waals surface area contributed by atoms with Crippen LogP contribution in [0.2, 0.25) is 5.28 Å². The van der Waals surface area contributed by atoms with Crippen molar-refractivity contribution in [3.8, 4) is 0 Å². The van der Waals surface area contributed by atoms with Gasteiger partial charge in [0, 0.05) is 11.8 Å². The van der Waals surface area contributed by atoms with Gasteiger partial charge >= 0.3 is 6.18 Å². The molecule has 0 unspecified atom stereocenters. The molecule has 106 valence electrons. The summed E-state index contributed by atoms with van der Waals surface area (Å²) in [5, 5.41) is 2.39. The van der Waals surface area contributed by atoms with E-state index in [1.807, 2.05) is 0 Å². The summed E-state index contributed by atoms with van der Waals surface area (Å²) in [6, 6.07) is 2.08. The first-order valence-corrected chi connectivity index (χ1v) is 5.78. The van der Waals surface area contributed by atoms with Crippen LogP contribution in [0.1, 0.15) is 11.1 Å². The highest BCUT2D eigenvalue weighted by atomic mass is 35.5. The second-order valence-corrected chi connectivity index (χ2v) is 4.33. The number of alkyl halides is 3. The largest absolute Gasteiger partial charge is 0.416 e. The van der Waals surface area contributed by atoms with Crippen LogP contribution in [0, 0.1) is 12.7 Å². The molecule has 0 aliphatic rings. The summed E-state index contributed by atoms with van der Waals surface area (Å²) in [6.07, 6.45) is -3.17.